The lowest BCUT2D eigenvalue weighted by molar-refractivity contribution is 0.589. The fourth-order valence-electron chi connectivity index (χ4n) is 10.8. The molecule has 0 spiro atoms. The second-order valence-electron chi connectivity index (χ2n) is 17.7. The molecule has 0 aliphatic heterocycles. The van der Waals surface area contributed by atoms with Gasteiger partial charge in [-0.3, -0.25) is 0 Å². The van der Waals surface area contributed by atoms with Crippen LogP contribution in [0.3, 0.4) is 0 Å². The summed E-state index contributed by atoms with van der Waals surface area (Å²) in [5, 5.41) is 11.4. The van der Waals surface area contributed by atoms with E-state index in [2.05, 4.69) is 133 Å². The highest BCUT2D eigenvalue weighted by atomic mass is 31.2. The predicted molar refractivity (Wildman–Crippen MR) is 290 cm³/mol. The first-order valence-corrected chi connectivity index (χ1v) is 26.7. The van der Waals surface area contributed by atoms with Crippen LogP contribution in [0.1, 0.15) is 23.1 Å². The molecule has 0 amide bonds. The summed E-state index contributed by atoms with van der Waals surface area (Å²) >= 11 is 0. The Bertz CT molecular complexity index is 3750. The molecular formula is C64H46O2P2. The molecule has 11 aromatic carbocycles. The summed E-state index contributed by atoms with van der Waals surface area (Å²) < 4.78 is 34.3. The van der Waals surface area contributed by atoms with Crippen LogP contribution in [0.15, 0.2) is 260 Å². The van der Waals surface area contributed by atoms with Gasteiger partial charge in [-0.1, -0.05) is 237 Å². The third-order valence-electron chi connectivity index (χ3n) is 14.0. The van der Waals surface area contributed by atoms with Crippen LogP contribution in [0.5, 0.6) is 0 Å². The largest absolute Gasteiger partial charge is 0.309 e. The molecule has 0 fully saturated rings. The maximum atomic E-state index is 17.2. The van der Waals surface area contributed by atoms with Gasteiger partial charge >= 0.3 is 0 Å². The van der Waals surface area contributed by atoms with Crippen LogP contribution < -0.4 is 26.5 Å². The summed E-state index contributed by atoms with van der Waals surface area (Å²) in [6.07, 6.45) is 1.22. The van der Waals surface area contributed by atoms with Crippen LogP contribution in [0.4, 0.5) is 0 Å². The summed E-state index contributed by atoms with van der Waals surface area (Å²) in [7, 11) is -7.26. The van der Waals surface area contributed by atoms with Crippen molar-refractivity contribution < 1.29 is 9.13 Å². The minimum atomic E-state index is -3.66. The average molecular weight is 909 g/mol. The molecule has 0 N–H and O–H groups in total. The van der Waals surface area contributed by atoms with Crippen LogP contribution >= 0.6 is 14.3 Å². The van der Waals surface area contributed by atoms with Gasteiger partial charge in [-0.2, -0.15) is 0 Å². The number of rotatable bonds is 9. The van der Waals surface area contributed by atoms with Gasteiger partial charge in [-0.05, 0) is 102 Å². The lowest BCUT2D eigenvalue weighted by atomic mass is 9.81. The van der Waals surface area contributed by atoms with Crippen molar-refractivity contribution >= 4 is 78.7 Å². The van der Waals surface area contributed by atoms with Gasteiger partial charge in [0.25, 0.3) is 0 Å². The summed E-state index contributed by atoms with van der Waals surface area (Å²) in [4.78, 5) is 0. The van der Waals surface area contributed by atoms with Crippen LogP contribution in [-0.4, -0.2) is 0 Å². The van der Waals surface area contributed by atoms with E-state index in [0.717, 1.165) is 86.9 Å². The molecule has 0 heterocycles. The summed E-state index contributed by atoms with van der Waals surface area (Å²) in [5.41, 5.74) is 8.42. The topological polar surface area (TPSA) is 34.1 Å². The van der Waals surface area contributed by atoms with Crippen molar-refractivity contribution in [3.8, 4) is 22.3 Å². The van der Waals surface area contributed by atoms with Crippen molar-refractivity contribution in [3.63, 3.8) is 0 Å². The van der Waals surface area contributed by atoms with Crippen LogP contribution in [0.25, 0.3) is 60.1 Å². The SMILES string of the molecule is O=P(C1=C(c2c(P(=O)(c3ccccc3)c3ccccc3)ccc3c(-c4ccc5ccccc5c4)cccc23)c2cccc(-c3ccc4ccccc4c3)c2CC1)(c1ccccc1)c1ccccc1. The van der Waals surface area contributed by atoms with Crippen molar-refractivity contribution in [3.05, 3.63) is 277 Å². The smallest absolute Gasteiger partial charge is 0.171 e. The molecule has 12 rings (SSSR count). The number of fused-ring (bicyclic) bond motifs is 4. The molecule has 0 radical (unpaired) electrons. The molecule has 11 aromatic rings. The second kappa shape index (κ2) is 17.2. The van der Waals surface area contributed by atoms with E-state index in [4.69, 9.17) is 0 Å². The number of allylic oxidation sites excluding steroid dienone is 1. The van der Waals surface area contributed by atoms with Crippen molar-refractivity contribution in [2.45, 2.75) is 12.8 Å². The van der Waals surface area contributed by atoms with Gasteiger partial charge in [0, 0.05) is 37.4 Å². The van der Waals surface area contributed by atoms with Gasteiger partial charge < -0.3 is 9.13 Å². The third-order valence-corrected chi connectivity index (χ3v) is 20.3. The van der Waals surface area contributed by atoms with Crippen LogP contribution in [0, 0.1) is 0 Å². The summed E-state index contributed by atoms with van der Waals surface area (Å²) in [6, 6.07) is 87.9. The van der Waals surface area contributed by atoms with E-state index < -0.39 is 14.3 Å². The van der Waals surface area contributed by atoms with Crippen LogP contribution in [-0.2, 0) is 15.6 Å². The first-order valence-electron chi connectivity index (χ1n) is 23.3. The Balaban J connectivity index is 1.26. The predicted octanol–water partition coefficient (Wildman–Crippen LogP) is 14.8. The molecule has 0 unspecified atom stereocenters. The van der Waals surface area contributed by atoms with Gasteiger partial charge in [0.15, 0.2) is 14.3 Å². The average Bonchev–Trinajstić information content (AvgIpc) is 3.42. The first-order chi connectivity index (χ1) is 33.5. The lowest BCUT2D eigenvalue weighted by Crippen LogP contribution is -2.29. The van der Waals surface area contributed by atoms with E-state index in [0.29, 0.717) is 12.8 Å². The number of hydrogen-bond donors (Lipinski definition) is 0. The molecule has 1 aliphatic carbocycles. The van der Waals surface area contributed by atoms with Gasteiger partial charge in [-0.25, -0.2) is 0 Å². The van der Waals surface area contributed by atoms with Crippen molar-refractivity contribution in [2.24, 2.45) is 0 Å². The molecule has 324 valence electrons. The highest BCUT2D eigenvalue weighted by molar-refractivity contribution is 7.85. The Kier molecular flexibility index (Phi) is 10.6. The van der Waals surface area contributed by atoms with E-state index in [1.165, 1.54) is 21.7 Å². The Morgan fingerprint density at radius 2 is 0.750 bits per heavy atom. The molecular weight excluding hydrogens is 863 g/mol. The highest BCUT2D eigenvalue weighted by Crippen LogP contribution is 2.61. The molecule has 1 aliphatic rings. The quantitative estimate of drug-likeness (QED) is 0.135. The van der Waals surface area contributed by atoms with E-state index >= 15 is 9.13 Å². The zero-order valence-electron chi connectivity index (χ0n) is 37.4. The zero-order chi connectivity index (χ0) is 45.7. The summed E-state index contributed by atoms with van der Waals surface area (Å²) in [5.74, 6) is 0. The first kappa shape index (κ1) is 41.8. The van der Waals surface area contributed by atoms with E-state index in [9.17, 15) is 0 Å². The highest BCUT2D eigenvalue weighted by Gasteiger charge is 2.41. The molecule has 0 saturated carbocycles. The van der Waals surface area contributed by atoms with Crippen molar-refractivity contribution in [2.75, 3.05) is 0 Å². The second-order valence-corrected chi connectivity index (χ2v) is 23.2. The molecule has 0 bridgehead atoms. The normalized spacial score (nSPS) is 12.9. The molecule has 0 aromatic heterocycles. The Morgan fingerprint density at radius 3 is 1.29 bits per heavy atom. The standard InChI is InChI=1S/C64H46O2P2/c65-67(51-23-5-1-6-24-51,52-25-7-2-8-26-52)61-41-39-57-55(49-37-35-45-19-13-15-21-47(45)43-49)31-17-33-59(57)63(61)64-60-34-18-32-56(50-38-36-46-20-14-16-22-48(46)44-50)58(60)40-42-62(64)68(66,53-27-9-3-10-28-53)54-29-11-4-12-30-54/h1-39,41,43-44H,40,42H2. The monoisotopic (exact) mass is 908 g/mol. The number of hydrogen-bond acceptors (Lipinski definition) is 2. The van der Waals surface area contributed by atoms with Crippen molar-refractivity contribution in [1.82, 2.24) is 0 Å². The molecule has 2 nitrogen and oxygen atoms in total. The maximum Gasteiger partial charge on any atom is 0.171 e. The fraction of sp³-hybridized carbons (Fsp3) is 0.0312. The van der Waals surface area contributed by atoms with E-state index in [1.807, 2.05) is 121 Å². The lowest BCUT2D eigenvalue weighted by Gasteiger charge is -2.34. The Labute approximate surface area is 397 Å². The Hall–Kier alpha value is -7.60. The van der Waals surface area contributed by atoms with E-state index in [1.54, 1.807) is 0 Å². The minimum absolute atomic E-state index is 0.537. The molecule has 68 heavy (non-hydrogen) atoms. The zero-order valence-corrected chi connectivity index (χ0v) is 39.2. The Morgan fingerprint density at radius 1 is 0.309 bits per heavy atom. The number of benzene rings is 11. The third kappa shape index (κ3) is 6.95. The van der Waals surface area contributed by atoms with Crippen LogP contribution in [0.2, 0.25) is 0 Å². The van der Waals surface area contributed by atoms with Gasteiger partial charge in [0.2, 0.25) is 0 Å². The van der Waals surface area contributed by atoms with Crippen molar-refractivity contribution in [1.29, 1.82) is 0 Å². The van der Waals surface area contributed by atoms with E-state index in [-0.39, 0.29) is 0 Å². The fourth-order valence-corrected chi connectivity index (χ4v) is 16.7. The molecule has 0 saturated heterocycles. The van der Waals surface area contributed by atoms with Gasteiger partial charge in [0.1, 0.15) is 0 Å². The summed E-state index contributed by atoms with van der Waals surface area (Å²) in [6.45, 7) is 0. The molecule has 0 atom stereocenters. The molecule has 4 heteroatoms. The maximum absolute atomic E-state index is 17.2. The van der Waals surface area contributed by atoms with Gasteiger partial charge in [-0.15, -0.1) is 0 Å². The minimum Gasteiger partial charge on any atom is -0.309 e. The van der Waals surface area contributed by atoms with Gasteiger partial charge in [0.05, 0.1) is 0 Å².